The number of carbonyl (C=O) groups is 1. The van der Waals surface area contributed by atoms with Gasteiger partial charge in [0.05, 0.1) is 35.2 Å². The van der Waals surface area contributed by atoms with Gasteiger partial charge in [-0.2, -0.15) is 0 Å². The highest BCUT2D eigenvalue weighted by Crippen LogP contribution is 2.36. The summed E-state index contributed by atoms with van der Waals surface area (Å²) in [5, 5.41) is 1.20. The lowest BCUT2D eigenvalue weighted by Gasteiger charge is -2.19. The van der Waals surface area contributed by atoms with Crippen molar-refractivity contribution in [2.75, 3.05) is 12.0 Å². The first kappa shape index (κ1) is 18.5. The van der Waals surface area contributed by atoms with Gasteiger partial charge >= 0.3 is 0 Å². The zero-order valence-corrected chi connectivity index (χ0v) is 16.9. The van der Waals surface area contributed by atoms with E-state index in [0.29, 0.717) is 27.2 Å². The van der Waals surface area contributed by atoms with Crippen LogP contribution >= 0.6 is 22.9 Å². The zero-order valence-electron chi connectivity index (χ0n) is 15.3. The minimum atomic E-state index is -0.174. The van der Waals surface area contributed by atoms with E-state index in [1.54, 1.807) is 48.6 Å². The molecular formula is C21H17ClN2O3S. The van der Waals surface area contributed by atoms with Gasteiger partial charge in [0.25, 0.3) is 5.91 Å². The summed E-state index contributed by atoms with van der Waals surface area (Å²) in [6, 6.07) is 14.4. The number of rotatable bonds is 5. The molecule has 142 valence electrons. The van der Waals surface area contributed by atoms with Crippen molar-refractivity contribution in [3.05, 3.63) is 76.7 Å². The quantitative estimate of drug-likeness (QED) is 0.421. The fourth-order valence-electron chi connectivity index (χ4n) is 2.88. The largest absolute Gasteiger partial charge is 0.497 e. The van der Waals surface area contributed by atoms with Gasteiger partial charge in [-0.3, -0.25) is 9.69 Å². The van der Waals surface area contributed by atoms with E-state index in [9.17, 15) is 4.79 Å². The van der Waals surface area contributed by atoms with Crippen LogP contribution in [0.4, 0.5) is 5.13 Å². The Morgan fingerprint density at radius 1 is 1.21 bits per heavy atom. The van der Waals surface area contributed by atoms with Crippen LogP contribution in [0, 0.1) is 6.92 Å². The Morgan fingerprint density at radius 3 is 2.64 bits per heavy atom. The monoisotopic (exact) mass is 412 g/mol. The van der Waals surface area contributed by atoms with Gasteiger partial charge in [0.1, 0.15) is 11.5 Å². The molecule has 28 heavy (non-hydrogen) atoms. The molecule has 0 saturated carbocycles. The minimum absolute atomic E-state index is 0.174. The average Bonchev–Trinajstić information content (AvgIpc) is 3.39. The molecule has 0 aliphatic rings. The molecule has 4 aromatic rings. The van der Waals surface area contributed by atoms with Crippen molar-refractivity contribution in [1.82, 2.24) is 4.98 Å². The van der Waals surface area contributed by atoms with E-state index in [1.807, 2.05) is 25.1 Å². The summed E-state index contributed by atoms with van der Waals surface area (Å²) in [6.45, 7) is 2.25. The van der Waals surface area contributed by atoms with Crippen LogP contribution in [-0.2, 0) is 6.54 Å². The van der Waals surface area contributed by atoms with E-state index >= 15 is 0 Å². The summed E-state index contributed by atoms with van der Waals surface area (Å²) in [5.41, 5.74) is 2.35. The summed E-state index contributed by atoms with van der Waals surface area (Å²) in [7, 11) is 1.59. The van der Waals surface area contributed by atoms with Crippen LogP contribution in [0.15, 0.2) is 59.2 Å². The van der Waals surface area contributed by atoms with Gasteiger partial charge < -0.3 is 9.15 Å². The van der Waals surface area contributed by atoms with Crippen molar-refractivity contribution < 1.29 is 13.9 Å². The first-order valence-electron chi connectivity index (χ1n) is 8.61. The number of fused-ring (bicyclic) bond motifs is 1. The molecule has 4 rings (SSSR count). The number of benzene rings is 2. The zero-order chi connectivity index (χ0) is 19.7. The third-order valence-electron chi connectivity index (χ3n) is 4.39. The molecule has 0 N–H and O–H groups in total. The first-order chi connectivity index (χ1) is 13.6. The normalized spacial score (nSPS) is 11.0. The highest BCUT2D eigenvalue weighted by molar-refractivity contribution is 7.23. The third kappa shape index (κ3) is 3.48. The van der Waals surface area contributed by atoms with Gasteiger partial charge in [-0.15, -0.1) is 0 Å². The van der Waals surface area contributed by atoms with Gasteiger partial charge in [-0.1, -0.05) is 29.0 Å². The number of amides is 1. The van der Waals surface area contributed by atoms with E-state index in [0.717, 1.165) is 15.8 Å². The summed E-state index contributed by atoms with van der Waals surface area (Å²) < 4.78 is 11.5. The molecule has 0 atom stereocenters. The molecule has 0 unspecified atom stereocenters. The third-order valence-corrected chi connectivity index (χ3v) is 5.93. The molecule has 0 bridgehead atoms. The number of hydrogen-bond acceptors (Lipinski definition) is 5. The second kappa shape index (κ2) is 7.66. The topological polar surface area (TPSA) is 55.6 Å². The van der Waals surface area contributed by atoms with Crippen LogP contribution in [0.2, 0.25) is 5.02 Å². The van der Waals surface area contributed by atoms with Crippen molar-refractivity contribution in [3.8, 4) is 5.75 Å². The summed E-state index contributed by atoms with van der Waals surface area (Å²) in [4.78, 5) is 19.6. The van der Waals surface area contributed by atoms with E-state index < -0.39 is 0 Å². The highest BCUT2D eigenvalue weighted by atomic mass is 35.5. The molecule has 0 radical (unpaired) electrons. The molecule has 7 heteroatoms. The number of halogens is 1. The number of ether oxygens (including phenoxy) is 1. The maximum Gasteiger partial charge on any atom is 0.260 e. The fourth-order valence-corrected chi connectivity index (χ4v) is 4.19. The van der Waals surface area contributed by atoms with E-state index in [-0.39, 0.29) is 12.5 Å². The maximum absolute atomic E-state index is 13.3. The second-order valence-electron chi connectivity index (χ2n) is 6.24. The first-order valence-corrected chi connectivity index (χ1v) is 9.80. The second-order valence-corrected chi connectivity index (χ2v) is 7.62. The number of aromatic nitrogens is 1. The molecule has 2 heterocycles. The number of aryl methyl sites for hydroxylation is 1. The van der Waals surface area contributed by atoms with Crippen LogP contribution in [0.1, 0.15) is 21.7 Å². The molecule has 0 spiro atoms. The Hall–Kier alpha value is -2.83. The Bertz CT molecular complexity index is 1080. The Morgan fingerprint density at radius 2 is 2.00 bits per heavy atom. The Labute approximate surface area is 171 Å². The number of hydrogen-bond donors (Lipinski definition) is 0. The lowest BCUT2D eigenvalue weighted by molar-refractivity contribution is 0.0983. The summed E-state index contributed by atoms with van der Waals surface area (Å²) in [5.74, 6) is 1.19. The van der Waals surface area contributed by atoms with Crippen LogP contribution in [0.5, 0.6) is 5.75 Å². The van der Waals surface area contributed by atoms with Crippen LogP contribution in [0.25, 0.3) is 10.2 Å². The number of methoxy groups -OCH3 is 1. The van der Waals surface area contributed by atoms with Crippen molar-refractivity contribution in [2.24, 2.45) is 0 Å². The van der Waals surface area contributed by atoms with Crippen molar-refractivity contribution in [1.29, 1.82) is 0 Å². The van der Waals surface area contributed by atoms with E-state index in [2.05, 4.69) is 0 Å². The molecule has 0 aliphatic carbocycles. The van der Waals surface area contributed by atoms with E-state index in [1.165, 1.54) is 11.3 Å². The number of carbonyl (C=O) groups excluding carboxylic acids is 1. The Kier molecular flexibility index (Phi) is 5.07. The number of anilines is 1. The number of furan rings is 1. The minimum Gasteiger partial charge on any atom is -0.497 e. The van der Waals surface area contributed by atoms with Crippen molar-refractivity contribution in [3.63, 3.8) is 0 Å². The van der Waals surface area contributed by atoms with Gasteiger partial charge in [-0.25, -0.2) is 4.98 Å². The van der Waals surface area contributed by atoms with Crippen molar-refractivity contribution in [2.45, 2.75) is 13.5 Å². The highest BCUT2D eigenvalue weighted by Gasteiger charge is 2.23. The van der Waals surface area contributed by atoms with Crippen LogP contribution in [0.3, 0.4) is 0 Å². The van der Waals surface area contributed by atoms with Gasteiger partial charge in [0.2, 0.25) is 0 Å². The van der Waals surface area contributed by atoms with Gasteiger partial charge in [0.15, 0.2) is 5.13 Å². The molecule has 2 aromatic heterocycles. The molecule has 0 fully saturated rings. The Balaban J connectivity index is 1.78. The lowest BCUT2D eigenvalue weighted by Crippen LogP contribution is -2.30. The van der Waals surface area contributed by atoms with Gasteiger partial charge in [-0.05, 0) is 55.0 Å². The molecule has 1 amide bonds. The smallest absolute Gasteiger partial charge is 0.260 e. The van der Waals surface area contributed by atoms with E-state index in [4.69, 9.17) is 25.7 Å². The summed E-state index contributed by atoms with van der Waals surface area (Å²) in [6.07, 6.45) is 1.59. The average molecular weight is 413 g/mol. The molecule has 0 saturated heterocycles. The SMILES string of the molecule is COc1ccc(C(=O)N(Cc2ccco2)c2nc3c(C)ccc(Cl)c3s2)cc1. The predicted octanol–water partition coefficient (Wildman–Crippen LogP) is 5.71. The van der Waals surface area contributed by atoms with Gasteiger partial charge in [0, 0.05) is 5.56 Å². The lowest BCUT2D eigenvalue weighted by atomic mass is 10.2. The van der Waals surface area contributed by atoms with Crippen molar-refractivity contribution >= 4 is 44.2 Å². The number of thiazole rings is 1. The van der Waals surface area contributed by atoms with Crippen LogP contribution in [-0.4, -0.2) is 18.0 Å². The molecule has 5 nitrogen and oxygen atoms in total. The maximum atomic E-state index is 13.3. The van der Waals surface area contributed by atoms with Crippen LogP contribution < -0.4 is 9.64 Å². The predicted molar refractivity (Wildman–Crippen MR) is 112 cm³/mol. The molecule has 0 aliphatic heterocycles. The molecule has 2 aromatic carbocycles. The molecular weight excluding hydrogens is 396 g/mol. The fraction of sp³-hybridized carbons (Fsp3) is 0.143. The summed E-state index contributed by atoms with van der Waals surface area (Å²) >= 11 is 7.75. The standard InChI is InChI=1S/C21H17ClN2O3S/c1-13-5-10-17(22)19-18(13)23-21(28-19)24(12-16-4-3-11-27-16)20(25)14-6-8-15(26-2)9-7-14/h3-11H,12H2,1-2H3. The number of nitrogens with zero attached hydrogens (tertiary/aromatic N) is 2.